The van der Waals surface area contributed by atoms with Gasteiger partial charge < -0.3 is 5.32 Å². The molecule has 15 heavy (non-hydrogen) atoms. The fourth-order valence-corrected chi connectivity index (χ4v) is 1.06. The first-order valence-electron chi connectivity index (χ1n) is 4.07. The topological polar surface area (TPSA) is 84.0 Å². The number of carbonyl (C=O) groups excluding carboxylic acids is 2. The molecule has 0 aromatic carbocycles. The van der Waals surface area contributed by atoms with Gasteiger partial charge in [-0.15, -0.1) is 0 Å². The summed E-state index contributed by atoms with van der Waals surface area (Å²) in [5.74, 6) is -0.297. The third-order valence-corrected chi connectivity index (χ3v) is 1.48. The van der Waals surface area contributed by atoms with Crippen LogP contribution in [0.4, 0.5) is 11.8 Å². The molecule has 0 aliphatic heterocycles. The largest absolute Gasteiger partial charge is 0.311 e. The Bertz CT molecular complexity index is 373. The Kier molecular flexibility index (Phi) is 3.56. The Morgan fingerprint density at radius 1 is 1.20 bits per heavy atom. The van der Waals surface area contributed by atoms with Gasteiger partial charge in [0.05, 0.1) is 0 Å². The monoisotopic (exact) mass is 228 g/mol. The summed E-state index contributed by atoms with van der Waals surface area (Å²) >= 11 is 5.66. The lowest BCUT2D eigenvalue weighted by atomic mass is 10.5. The van der Waals surface area contributed by atoms with E-state index in [0.717, 1.165) is 0 Å². The van der Waals surface area contributed by atoms with Gasteiger partial charge >= 0.3 is 0 Å². The summed E-state index contributed by atoms with van der Waals surface area (Å²) in [7, 11) is 0. The van der Waals surface area contributed by atoms with Gasteiger partial charge in [0, 0.05) is 19.9 Å². The summed E-state index contributed by atoms with van der Waals surface area (Å²) in [5.41, 5.74) is 0. The number of rotatable bonds is 2. The van der Waals surface area contributed by atoms with Gasteiger partial charge in [-0.1, -0.05) is 11.6 Å². The molecule has 1 rings (SSSR count). The maximum Gasteiger partial charge on any atom is 0.232 e. The molecule has 0 saturated carbocycles. The number of halogens is 1. The first-order valence-corrected chi connectivity index (χ1v) is 4.45. The molecule has 2 N–H and O–H groups in total. The van der Waals surface area contributed by atoms with Crippen LogP contribution >= 0.6 is 11.6 Å². The Balaban J connectivity index is 2.94. The molecule has 0 radical (unpaired) electrons. The van der Waals surface area contributed by atoms with E-state index in [0.29, 0.717) is 0 Å². The molecular formula is C8H9ClN4O2. The first kappa shape index (κ1) is 11.4. The number of nitrogens with zero attached hydrogens (tertiary/aromatic N) is 2. The Hall–Kier alpha value is -1.69. The van der Waals surface area contributed by atoms with E-state index in [9.17, 15) is 9.59 Å². The van der Waals surface area contributed by atoms with Gasteiger partial charge in [0.2, 0.25) is 17.8 Å². The highest BCUT2D eigenvalue weighted by Gasteiger charge is 2.05. The molecule has 0 aliphatic rings. The molecule has 0 fully saturated rings. The lowest BCUT2D eigenvalue weighted by molar-refractivity contribution is -0.115. The van der Waals surface area contributed by atoms with Crippen molar-refractivity contribution in [2.24, 2.45) is 0 Å². The van der Waals surface area contributed by atoms with E-state index in [4.69, 9.17) is 11.6 Å². The highest BCUT2D eigenvalue weighted by atomic mass is 35.5. The van der Waals surface area contributed by atoms with E-state index in [1.165, 1.54) is 19.9 Å². The molecule has 0 unspecified atom stereocenters. The van der Waals surface area contributed by atoms with Gasteiger partial charge in [-0.2, -0.15) is 4.98 Å². The summed E-state index contributed by atoms with van der Waals surface area (Å²) in [6.07, 6.45) is 0. The van der Waals surface area contributed by atoms with E-state index in [2.05, 4.69) is 20.6 Å². The number of aromatic nitrogens is 2. The van der Waals surface area contributed by atoms with Crippen molar-refractivity contribution in [2.45, 2.75) is 13.8 Å². The Morgan fingerprint density at radius 3 is 2.33 bits per heavy atom. The van der Waals surface area contributed by atoms with Crippen LogP contribution in [0.2, 0.25) is 5.15 Å². The summed E-state index contributed by atoms with van der Waals surface area (Å²) in [6, 6.07) is 1.38. The summed E-state index contributed by atoms with van der Waals surface area (Å²) in [5, 5.41) is 4.93. The highest BCUT2D eigenvalue weighted by molar-refractivity contribution is 6.29. The average molecular weight is 229 g/mol. The van der Waals surface area contributed by atoms with Crippen LogP contribution in [0.25, 0.3) is 0 Å². The molecule has 6 nitrogen and oxygen atoms in total. The molecule has 0 spiro atoms. The van der Waals surface area contributed by atoms with Crippen LogP contribution in [0.5, 0.6) is 0 Å². The summed E-state index contributed by atoms with van der Waals surface area (Å²) < 4.78 is 0. The van der Waals surface area contributed by atoms with Crippen molar-refractivity contribution in [3.05, 3.63) is 11.2 Å². The van der Waals surface area contributed by atoms with E-state index >= 15 is 0 Å². The quantitative estimate of drug-likeness (QED) is 0.741. The second kappa shape index (κ2) is 4.70. The van der Waals surface area contributed by atoms with Crippen molar-refractivity contribution in [1.82, 2.24) is 9.97 Å². The fraction of sp³-hybridized carbons (Fsp3) is 0.250. The standard InChI is InChI=1S/C8H9ClN4O2/c1-4(14)10-7-3-6(9)12-8(13-7)11-5(2)15/h3H,1-2H3,(H2,10,11,12,13,14,15). The summed E-state index contributed by atoms with van der Waals surface area (Å²) in [6.45, 7) is 2.66. The molecule has 7 heteroatoms. The van der Waals surface area contributed by atoms with Crippen LogP contribution < -0.4 is 10.6 Å². The number of nitrogens with one attached hydrogen (secondary N) is 2. The van der Waals surface area contributed by atoms with Gasteiger partial charge in [-0.05, 0) is 0 Å². The zero-order chi connectivity index (χ0) is 11.4. The number of hydrogen-bond acceptors (Lipinski definition) is 4. The van der Waals surface area contributed by atoms with Crippen LogP contribution in [0.1, 0.15) is 13.8 Å². The summed E-state index contributed by atoms with van der Waals surface area (Å²) in [4.78, 5) is 29.1. The second-order valence-electron chi connectivity index (χ2n) is 2.76. The van der Waals surface area contributed by atoms with Crippen LogP contribution in [-0.2, 0) is 9.59 Å². The van der Waals surface area contributed by atoms with Gasteiger partial charge in [0.1, 0.15) is 11.0 Å². The van der Waals surface area contributed by atoms with Crippen LogP contribution in [0, 0.1) is 0 Å². The van der Waals surface area contributed by atoms with Crippen molar-refractivity contribution in [1.29, 1.82) is 0 Å². The molecule has 0 bridgehead atoms. The number of carbonyl (C=O) groups is 2. The van der Waals surface area contributed by atoms with Crippen LogP contribution in [0.15, 0.2) is 6.07 Å². The van der Waals surface area contributed by atoms with Crippen molar-refractivity contribution < 1.29 is 9.59 Å². The molecule has 1 aromatic rings. The Labute approximate surface area is 91.1 Å². The third kappa shape index (κ3) is 3.90. The Morgan fingerprint density at radius 2 is 1.80 bits per heavy atom. The number of anilines is 2. The van der Waals surface area contributed by atoms with Crippen LogP contribution in [0.3, 0.4) is 0 Å². The molecular weight excluding hydrogens is 220 g/mol. The highest BCUT2D eigenvalue weighted by Crippen LogP contribution is 2.13. The fourth-order valence-electron chi connectivity index (χ4n) is 0.875. The third-order valence-electron chi connectivity index (χ3n) is 1.29. The number of amides is 2. The van der Waals surface area contributed by atoms with Gasteiger partial charge in [-0.25, -0.2) is 4.98 Å². The van der Waals surface area contributed by atoms with Crippen molar-refractivity contribution >= 4 is 35.2 Å². The molecule has 1 aromatic heterocycles. The SMILES string of the molecule is CC(=O)Nc1cc(Cl)nc(NC(C)=O)n1. The molecule has 2 amide bonds. The average Bonchev–Trinajstić information content (AvgIpc) is 1.98. The minimum Gasteiger partial charge on any atom is -0.311 e. The van der Waals surface area contributed by atoms with E-state index < -0.39 is 0 Å². The van der Waals surface area contributed by atoms with Gasteiger partial charge in [0.25, 0.3) is 0 Å². The van der Waals surface area contributed by atoms with Crippen molar-refractivity contribution in [2.75, 3.05) is 10.6 Å². The lowest BCUT2D eigenvalue weighted by Crippen LogP contribution is -2.12. The number of hydrogen-bond donors (Lipinski definition) is 2. The van der Waals surface area contributed by atoms with E-state index in [-0.39, 0.29) is 28.7 Å². The van der Waals surface area contributed by atoms with E-state index in [1.54, 1.807) is 0 Å². The maximum atomic E-state index is 10.8. The van der Waals surface area contributed by atoms with Crippen molar-refractivity contribution in [3.63, 3.8) is 0 Å². The van der Waals surface area contributed by atoms with Gasteiger partial charge in [0.15, 0.2) is 0 Å². The maximum absolute atomic E-state index is 10.8. The molecule has 0 aliphatic carbocycles. The first-order chi connectivity index (χ1) is 6.97. The van der Waals surface area contributed by atoms with Crippen LogP contribution in [-0.4, -0.2) is 21.8 Å². The molecule has 0 atom stereocenters. The molecule has 80 valence electrons. The van der Waals surface area contributed by atoms with Gasteiger partial charge in [-0.3, -0.25) is 14.9 Å². The normalized spacial score (nSPS) is 9.53. The molecule has 0 saturated heterocycles. The smallest absolute Gasteiger partial charge is 0.232 e. The van der Waals surface area contributed by atoms with E-state index in [1.807, 2.05) is 0 Å². The molecule has 1 heterocycles. The van der Waals surface area contributed by atoms with Crippen molar-refractivity contribution in [3.8, 4) is 0 Å². The lowest BCUT2D eigenvalue weighted by Gasteiger charge is -2.04. The zero-order valence-corrected chi connectivity index (χ0v) is 8.92. The predicted molar refractivity (Wildman–Crippen MR) is 55.6 cm³/mol. The second-order valence-corrected chi connectivity index (χ2v) is 3.15. The zero-order valence-electron chi connectivity index (χ0n) is 8.17. The predicted octanol–water partition coefficient (Wildman–Crippen LogP) is 1.05. The minimum atomic E-state index is -0.314. The minimum absolute atomic E-state index is 0.0544.